The van der Waals surface area contributed by atoms with Gasteiger partial charge >= 0.3 is 5.97 Å². The molecule has 11 atom stereocenters. The van der Waals surface area contributed by atoms with E-state index in [0.717, 1.165) is 51.4 Å². The molecular formula is C35H62O8. The minimum Gasteiger partial charge on any atom is -0.481 e. The molecule has 0 aromatic carbocycles. The third-order valence-electron chi connectivity index (χ3n) is 9.93. The predicted octanol–water partition coefficient (Wildman–Crippen LogP) is 6.09. The predicted molar refractivity (Wildman–Crippen MR) is 169 cm³/mol. The van der Waals surface area contributed by atoms with Gasteiger partial charge < -0.3 is 29.9 Å². The molecule has 2 aliphatic rings. The number of rotatable bonds is 19. The van der Waals surface area contributed by atoms with Gasteiger partial charge in [-0.15, -0.1) is 0 Å². The second kappa shape index (κ2) is 18.6. The first kappa shape index (κ1) is 37.9. The van der Waals surface area contributed by atoms with E-state index in [1.165, 1.54) is 0 Å². The maximum absolute atomic E-state index is 13.0. The highest BCUT2D eigenvalue weighted by atomic mass is 16.5. The fourth-order valence-electron chi connectivity index (χ4n) is 6.96. The van der Waals surface area contributed by atoms with E-state index < -0.39 is 23.8 Å². The molecule has 0 amide bonds. The lowest BCUT2D eigenvalue weighted by Crippen LogP contribution is -2.43. The summed E-state index contributed by atoms with van der Waals surface area (Å²) in [5.74, 6) is 0.203. The number of Topliss-reactive ketones (excluding diaryl/α,β-unsaturated/α-hetero) is 1. The molecule has 250 valence electrons. The Morgan fingerprint density at radius 1 is 1.02 bits per heavy atom. The smallest absolute Gasteiger partial charge is 0.305 e. The van der Waals surface area contributed by atoms with Crippen LogP contribution in [-0.2, 0) is 19.1 Å². The molecule has 0 bridgehead atoms. The van der Waals surface area contributed by atoms with E-state index in [0.29, 0.717) is 44.1 Å². The van der Waals surface area contributed by atoms with Crippen LogP contribution in [0, 0.1) is 29.6 Å². The largest absolute Gasteiger partial charge is 0.481 e. The Morgan fingerprint density at radius 3 is 2.40 bits per heavy atom. The number of carbonyl (C=O) groups excluding carboxylic acids is 1. The number of aliphatic hydroxyl groups excluding tert-OH is 2. The molecular weight excluding hydrogens is 548 g/mol. The van der Waals surface area contributed by atoms with Crippen LogP contribution >= 0.6 is 0 Å². The first-order valence-corrected chi connectivity index (χ1v) is 17.0. The second-order valence-corrected chi connectivity index (χ2v) is 14.4. The van der Waals surface area contributed by atoms with Crippen LogP contribution in [0.5, 0.6) is 0 Å². The molecule has 2 saturated heterocycles. The van der Waals surface area contributed by atoms with Crippen molar-refractivity contribution in [1.29, 1.82) is 0 Å². The summed E-state index contributed by atoms with van der Waals surface area (Å²) in [6.45, 7) is 12.9. The van der Waals surface area contributed by atoms with Gasteiger partial charge in [0.25, 0.3) is 0 Å². The fourth-order valence-corrected chi connectivity index (χ4v) is 6.96. The zero-order chi connectivity index (χ0) is 32.2. The van der Waals surface area contributed by atoms with E-state index in [-0.39, 0.29) is 48.3 Å². The van der Waals surface area contributed by atoms with Crippen molar-refractivity contribution in [1.82, 2.24) is 0 Å². The van der Waals surface area contributed by atoms with Crippen LogP contribution in [0.25, 0.3) is 0 Å². The van der Waals surface area contributed by atoms with Gasteiger partial charge in [-0.3, -0.25) is 9.59 Å². The maximum atomic E-state index is 13.0. The summed E-state index contributed by atoms with van der Waals surface area (Å²) in [6, 6.07) is 0. The van der Waals surface area contributed by atoms with Crippen molar-refractivity contribution >= 4 is 11.8 Å². The quantitative estimate of drug-likeness (QED) is 0.129. The monoisotopic (exact) mass is 610 g/mol. The number of carboxylic acids is 1. The van der Waals surface area contributed by atoms with Crippen LogP contribution in [0.4, 0.5) is 0 Å². The summed E-state index contributed by atoms with van der Waals surface area (Å²) in [4.78, 5) is 24.1. The van der Waals surface area contributed by atoms with Gasteiger partial charge in [0.1, 0.15) is 5.78 Å². The van der Waals surface area contributed by atoms with Crippen molar-refractivity contribution in [3.05, 3.63) is 12.2 Å². The molecule has 0 radical (unpaired) electrons. The van der Waals surface area contributed by atoms with Gasteiger partial charge in [0.15, 0.2) is 0 Å². The summed E-state index contributed by atoms with van der Waals surface area (Å²) in [5, 5.41) is 41.0. The Kier molecular flexibility index (Phi) is 16.4. The molecule has 0 saturated carbocycles. The van der Waals surface area contributed by atoms with E-state index in [1.54, 1.807) is 13.0 Å². The van der Waals surface area contributed by atoms with Gasteiger partial charge in [-0.25, -0.2) is 0 Å². The van der Waals surface area contributed by atoms with Gasteiger partial charge in [0, 0.05) is 18.9 Å². The number of carbonyl (C=O) groups is 2. The Labute approximate surface area is 260 Å². The highest BCUT2D eigenvalue weighted by Gasteiger charge is 2.35. The van der Waals surface area contributed by atoms with Crippen molar-refractivity contribution in [2.45, 2.75) is 161 Å². The normalized spacial score (nSPS) is 28.9. The molecule has 2 rings (SSSR count). The molecule has 2 aliphatic heterocycles. The summed E-state index contributed by atoms with van der Waals surface area (Å²) < 4.78 is 11.9. The lowest BCUT2D eigenvalue weighted by molar-refractivity contribution is -0.148. The molecule has 9 unspecified atom stereocenters. The molecule has 0 spiro atoms. The lowest BCUT2D eigenvalue weighted by Gasteiger charge is -2.38. The highest BCUT2D eigenvalue weighted by molar-refractivity contribution is 5.80. The molecule has 0 aromatic rings. The Hall–Kier alpha value is -1.32. The van der Waals surface area contributed by atoms with Crippen LogP contribution in [0.1, 0.15) is 125 Å². The first-order chi connectivity index (χ1) is 20.2. The fraction of sp³-hybridized carbons (Fsp3) is 0.886. The number of aliphatic carboxylic acids is 1. The van der Waals surface area contributed by atoms with Gasteiger partial charge in [-0.1, -0.05) is 46.8 Å². The Bertz CT molecular complexity index is 851. The third-order valence-corrected chi connectivity index (χ3v) is 9.93. The van der Waals surface area contributed by atoms with Crippen molar-refractivity contribution in [2.24, 2.45) is 29.6 Å². The Balaban J connectivity index is 1.67. The summed E-state index contributed by atoms with van der Waals surface area (Å²) >= 11 is 0. The lowest BCUT2D eigenvalue weighted by atomic mass is 9.80. The number of ketones is 1. The summed E-state index contributed by atoms with van der Waals surface area (Å²) in [6.07, 6.45) is 10.9. The van der Waals surface area contributed by atoms with E-state index >= 15 is 0 Å². The number of carboxylic acid groups (broad SMARTS) is 1. The maximum Gasteiger partial charge on any atom is 0.305 e. The standard InChI is InChI=1S/C35H62O8/c1-23(13-16-31(38)26(4)21-27(5)34-24(2)14-15-29(43-34)22-33(39)40)20-25(3)30(37)11-9-10-28(36)17-18-35(6,41)32-12-7-8-19-42-32/h9,11,23-30,32,34,36-37,41H,7-8,10,12-22H2,1-6H3,(H,39,40)/b11-9-/t23?,24-,25?,26?,27-,28?,29?,30?,32?,34?,35?/m0/s1. The van der Waals surface area contributed by atoms with Crippen LogP contribution in [0.3, 0.4) is 0 Å². The second-order valence-electron chi connectivity index (χ2n) is 14.4. The average Bonchev–Trinajstić information content (AvgIpc) is 2.95. The van der Waals surface area contributed by atoms with Crippen LogP contribution in [0.15, 0.2) is 12.2 Å². The Morgan fingerprint density at radius 2 is 1.74 bits per heavy atom. The molecule has 0 aromatic heterocycles. The van der Waals surface area contributed by atoms with Crippen molar-refractivity contribution in [2.75, 3.05) is 6.61 Å². The van der Waals surface area contributed by atoms with Gasteiger partial charge in [0.05, 0.1) is 42.5 Å². The molecule has 2 fully saturated rings. The van der Waals surface area contributed by atoms with E-state index in [4.69, 9.17) is 14.6 Å². The third kappa shape index (κ3) is 13.7. The molecule has 8 nitrogen and oxygen atoms in total. The number of aliphatic hydroxyl groups is 3. The topological polar surface area (TPSA) is 134 Å². The number of hydrogen-bond acceptors (Lipinski definition) is 7. The number of hydrogen-bond donors (Lipinski definition) is 4. The molecule has 4 N–H and O–H groups in total. The van der Waals surface area contributed by atoms with E-state index in [9.17, 15) is 24.9 Å². The highest BCUT2D eigenvalue weighted by Crippen LogP contribution is 2.34. The summed E-state index contributed by atoms with van der Waals surface area (Å²) in [7, 11) is 0. The van der Waals surface area contributed by atoms with Crippen molar-refractivity contribution in [3.63, 3.8) is 0 Å². The SMILES string of the molecule is CC(CCC(=O)C(C)C[C@H](C)C1OC(CC(=O)O)CC[C@@H]1C)CC(C)C(O)/C=C\CC(O)CCC(C)(O)C1CCCCO1. The average molecular weight is 611 g/mol. The molecule has 43 heavy (non-hydrogen) atoms. The minimum absolute atomic E-state index is 0.0187. The molecule has 2 heterocycles. The number of ether oxygens (including phenoxy) is 2. The van der Waals surface area contributed by atoms with E-state index in [1.807, 2.05) is 19.9 Å². The molecule has 0 aliphatic carbocycles. The van der Waals surface area contributed by atoms with Crippen molar-refractivity contribution in [3.8, 4) is 0 Å². The van der Waals surface area contributed by atoms with Crippen LogP contribution in [0.2, 0.25) is 0 Å². The zero-order valence-electron chi connectivity index (χ0n) is 27.7. The van der Waals surface area contributed by atoms with Crippen LogP contribution < -0.4 is 0 Å². The van der Waals surface area contributed by atoms with Crippen molar-refractivity contribution < 1.29 is 39.5 Å². The van der Waals surface area contributed by atoms with Gasteiger partial charge in [-0.2, -0.15) is 0 Å². The molecule has 8 heteroatoms. The van der Waals surface area contributed by atoms with E-state index in [2.05, 4.69) is 20.8 Å². The summed E-state index contributed by atoms with van der Waals surface area (Å²) in [5.41, 5.74) is -0.942. The first-order valence-electron chi connectivity index (χ1n) is 17.0. The van der Waals surface area contributed by atoms with Gasteiger partial charge in [0.2, 0.25) is 0 Å². The van der Waals surface area contributed by atoms with Crippen LogP contribution in [-0.4, -0.2) is 74.9 Å². The minimum atomic E-state index is -0.942. The zero-order valence-corrected chi connectivity index (χ0v) is 27.7. The van der Waals surface area contributed by atoms with Gasteiger partial charge in [-0.05, 0) is 101 Å².